The first kappa shape index (κ1) is 21.6. The molecule has 0 unspecified atom stereocenters. The van der Waals surface area contributed by atoms with E-state index in [-0.39, 0.29) is 11.5 Å². The number of nitro benzene ring substituents is 2. The van der Waals surface area contributed by atoms with Crippen LogP contribution in [0.25, 0.3) is 10.2 Å². The summed E-state index contributed by atoms with van der Waals surface area (Å²) >= 11 is 1.46. The smallest absolute Gasteiger partial charge is 0.318 e. The van der Waals surface area contributed by atoms with Gasteiger partial charge in [0.2, 0.25) is 10.9 Å². The van der Waals surface area contributed by atoms with Crippen molar-refractivity contribution in [1.29, 1.82) is 0 Å². The Kier molecular flexibility index (Phi) is 6.09. The van der Waals surface area contributed by atoms with Crippen molar-refractivity contribution in [3.63, 3.8) is 0 Å². The number of nitrogens with one attached hydrogen (secondary N) is 1. The van der Waals surface area contributed by atoms with E-state index < -0.39 is 21.2 Å². The Morgan fingerprint density at radius 3 is 2.52 bits per heavy atom. The first-order chi connectivity index (χ1) is 15.9. The molecule has 1 N–H and O–H groups in total. The molecule has 0 aliphatic heterocycles. The van der Waals surface area contributed by atoms with Gasteiger partial charge in [-0.3, -0.25) is 25.7 Å². The maximum atomic E-state index is 11.4. The third-order valence-corrected chi connectivity index (χ3v) is 5.37. The summed E-state index contributed by atoms with van der Waals surface area (Å²) in [6, 6.07) is 15.8. The summed E-state index contributed by atoms with van der Waals surface area (Å²) in [5, 5.41) is 27.1. The van der Waals surface area contributed by atoms with Gasteiger partial charge in [0, 0.05) is 6.07 Å². The van der Waals surface area contributed by atoms with Gasteiger partial charge >= 0.3 is 5.69 Å². The fraction of sp³-hybridized carbons (Fsp3) is 0.0476. The molecule has 0 fully saturated rings. The SMILES string of the molecule is COc1ccc(/C=N\Nc2nc3ccccc3s2)cc1Oc1ccc([N+](=O)[O-])cc1[N+](=O)[O-]. The molecule has 0 atom stereocenters. The Bertz CT molecular complexity index is 1350. The van der Waals surface area contributed by atoms with E-state index >= 15 is 0 Å². The van der Waals surface area contributed by atoms with E-state index in [1.165, 1.54) is 30.7 Å². The molecule has 0 spiro atoms. The van der Waals surface area contributed by atoms with Crippen molar-refractivity contribution in [2.75, 3.05) is 12.5 Å². The van der Waals surface area contributed by atoms with Crippen molar-refractivity contribution in [2.45, 2.75) is 0 Å². The van der Waals surface area contributed by atoms with Crippen LogP contribution in [0.1, 0.15) is 5.56 Å². The van der Waals surface area contributed by atoms with E-state index in [0.29, 0.717) is 16.4 Å². The number of hydrazone groups is 1. The van der Waals surface area contributed by atoms with Crippen LogP contribution >= 0.6 is 11.3 Å². The van der Waals surface area contributed by atoms with Crippen LogP contribution < -0.4 is 14.9 Å². The van der Waals surface area contributed by atoms with Crippen LogP contribution in [0.15, 0.2) is 65.8 Å². The number of hydrogen-bond acceptors (Lipinski definition) is 10. The Balaban J connectivity index is 1.57. The quantitative estimate of drug-likeness (QED) is 0.208. The van der Waals surface area contributed by atoms with E-state index in [1.807, 2.05) is 24.3 Å². The first-order valence-corrected chi connectivity index (χ1v) is 10.2. The number of ether oxygens (including phenoxy) is 2. The molecule has 0 saturated carbocycles. The number of anilines is 1. The normalized spacial score (nSPS) is 10.9. The summed E-state index contributed by atoms with van der Waals surface area (Å²) in [5.41, 5.74) is 3.40. The highest BCUT2D eigenvalue weighted by Gasteiger charge is 2.22. The molecule has 0 saturated heterocycles. The third kappa shape index (κ3) is 4.85. The van der Waals surface area contributed by atoms with E-state index in [4.69, 9.17) is 9.47 Å². The van der Waals surface area contributed by atoms with Gasteiger partial charge in [-0.05, 0) is 42.0 Å². The van der Waals surface area contributed by atoms with Crippen LogP contribution in [0.5, 0.6) is 17.2 Å². The lowest BCUT2D eigenvalue weighted by Gasteiger charge is -2.11. The molecule has 0 aliphatic carbocycles. The number of nitro groups is 2. The highest BCUT2D eigenvalue weighted by atomic mass is 32.1. The van der Waals surface area contributed by atoms with Crippen LogP contribution in [0.2, 0.25) is 0 Å². The Morgan fingerprint density at radius 2 is 1.79 bits per heavy atom. The van der Waals surface area contributed by atoms with Crippen LogP contribution in [0, 0.1) is 20.2 Å². The second kappa shape index (κ2) is 9.28. The van der Waals surface area contributed by atoms with Gasteiger partial charge in [-0.15, -0.1) is 0 Å². The minimum atomic E-state index is -0.748. The van der Waals surface area contributed by atoms with Gasteiger partial charge in [-0.2, -0.15) is 5.10 Å². The molecule has 0 radical (unpaired) electrons. The summed E-state index contributed by atoms with van der Waals surface area (Å²) in [6.07, 6.45) is 1.53. The molecule has 0 aliphatic rings. The molecular formula is C21H15N5O6S. The number of methoxy groups -OCH3 is 1. The highest BCUT2D eigenvalue weighted by molar-refractivity contribution is 7.22. The summed E-state index contributed by atoms with van der Waals surface area (Å²) in [4.78, 5) is 25.3. The number of non-ortho nitro benzene ring substituents is 1. The Hall–Kier alpha value is -4.58. The van der Waals surface area contributed by atoms with Gasteiger partial charge in [0.15, 0.2) is 11.5 Å². The van der Waals surface area contributed by atoms with Crippen LogP contribution in [0.4, 0.5) is 16.5 Å². The Morgan fingerprint density at radius 1 is 1.00 bits per heavy atom. The average Bonchev–Trinajstić information content (AvgIpc) is 3.22. The van der Waals surface area contributed by atoms with E-state index in [9.17, 15) is 20.2 Å². The largest absolute Gasteiger partial charge is 0.493 e. The molecule has 4 rings (SSSR count). The maximum absolute atomic E-state index is 11.4. The number of rotatable bonds is 8. The molecule has 166 valence electrons. The van der Waals surface area contributed by atoms with Crippen LogP contribution in [0.3, 0.4) is 0 Å². The molecule has 12 heteroatoms. The molecule has 1 aromatic heterocycles. The number of aromatic nitrogens is 1. The molecular weight excluding hydrogens is 450 g/mol. The lowest BCUT2D eigenvalue weighted by atomic mass is 10.2. The number of fused-ring (bicyclic) bond motifs is 1. The van der Waals surface area contributed by atoms with Gasteiger partial charge in [0.1, 0.15) is 0 Å². The fourth-order valence-electron chi connectivity index (χ4n) is 2.90. The van der Waals surface area contributed by atoms with Gasteiger partial charge in [0.25, 0.3) is 5.69 Å². The van der Waals surface area contributed by atoms with Gasteiger partial charge < -0.3 is 9.47 Å². The molecule has 4 aromatic rings. The van der Waals surface area contributed by atoms with Crippen molar-refractivity contribution in [3.8, 4) is 17.2 Å². The Labute approximate surface area is 190 Å². The van der Waals surface area contributed by atoms with Crippen LogP contribution in [-0.2, 0) is 0 Å². The second-order valence-electron chi connectivity index (χ2n) is 6.54. The standard InChI is InChI=1S/C21H15N5O6S/c1-31-18-8-6-13(12-22-24-21-23-15-4-2-3-5-20(15)33-21)10-19(18)32-17-9-7-14(25(27)28)11-16(17)26(29)30/h2-12H,1H3,(H,23,24)/b22-12-. The second-order valence-corrected chi connectivity index (χ2v) is 7.57. The summed E-state index contributed by atoms with van der Waals surface area (Å²) in [5.74, 6) is 0.336. The lowest BCUT2D eigenvalue weighted by Crippen LogP contribution is -1.98. The van der Waals surface area contributed by atoms with Crippen molar-refractivity contribution >= 4 is 44.3 Å². The zero-order valence-electron chi connectivity index (χ0n) is 17.0. The molecule has 1 heterocycles. The van der Waals surface area contributed by atoms with Crippen LogP contribution in [-0.4, -0.2) is 28.2 Å². The molecule has 3 aromatic carbocycles. The molecule has 0 bridgehead atoms. The summed E-state index contributed by atoms with van der Waals surface area (Å²) in [6.45, 7) is 0. The van der Waals surface area contributed by atoms with Gasteiger partial charge in [-0.25, -0.2) is 4.98 Å². The molecule has 33 heavy (non-hydrogen) atoms. The molecule has 11 nitrogen and oxygen atoms in total. The minimum Gasteiger partial charge on any atom is -0.493 e. The topological polar surface area (TPSA) is 142 Å². The van der Waals surface area contributed by atoms with E-state index in [0.717, 1.165) is 22.3 Å². The summed E-state index contributed by atoms with van der Waals surface area (Å²) < 4.78 is 12.0. The zero-order valence-corrected chi connectivity index (χ0v) is 17.8. The zero-order chi connectivity index (χ0) is 23.4. The van der Waals surface area contributed by atoms with Crippen molar-refractivity contribution < 1.29 is 19.3 Å². The van der Waals surface area contributed by atoms with Crippen molar-refractivity contribution in [1.82, 2.24) is 4.98 Å². The molecule has 0 amide bonds. The van der Waals surface area contributed by atoms with E-state index in [2.05, 4.69) is 15.5 Å². The fourth-order valence-corrected chi connectivity index (χ4v) is 3.72. The van der Waals surface area contributed by atoms with E-state index in [1.54, 1.807) is 18.2 Å². The minimum absolute atomic E-state index is 0.161. The number of hydrogen-bond donors (Lipinski definition) is 1. The number of nitrogens with zero attached hydrogens (tertiary/aromatic N) is 4. The average molecular weight is 465 g/mol. The predicted molar refractivity (Wildman–Crippen MR) is 124 cm³/mol. The third-order valence-electron chi connectivity index (χ3n) is 4.43. The summed E-state index contributed by atoms with van der Waals surface area (Å²) in [7, 11) is 1.43. The number of benzene rings is 3. The van der Waals surface area contributed by atoms with Crippen molar-refractivity contribution in [2.24, 2.45) is 5.10 Å². The predicted octanol–water partition coefficient (Wildman–Crippen LogP) is 5.36. The monoisotopic (exact) mass is 465 g/mol. The maximum Gasteiger partial charge on any atom is 0.318 e. The number of thiazole rings is 1. The lowest BCUT2D eigenvalue weighted by molar-refractivity contribution is -0.394. The number of para-hydroxylation sites is 1. The first-order valence-electron chi connectivity index (χ1n) is 9.38. The van der Waals surface area contributed by atoms with Gasteiger partial charge in [-0.1, -0.05) is 23.5 Å². The van der Waals surface area contributed by atoms with Crippen molar-refractivity contribution in [3.05, 3.63) is 86.5 Å². The van der Waals surface area contributed by atoms with Gasteiger partial charge in [0.05, 0.1) is 39.5 Å². The highest BCUT2D eigenvalue weighted by Crippen LogP contribution is 2.38.